The first-order valence-electron chi connectivity index (χ1n) is 11.3. The topological polar surface area (TPSA) is 94.8 Å². The normalized spacial score (nSPS) is 15.0. The molecule has 1 aliphatic heterocycles. The van der Waals surface area contributed by atoms with Crippen LogP contribution < -0.4 is 10.5 Å². The summed E-state index contributed by atoms with van der Waals surface area (Å²) in [4.78, 5) is 17.8. The van der Waals surface area contributed by atoms with Crippen LogP contribution in [0.5, 0.6) is 5.75 Å². The van der Waals surface area contributed by atoms with Gasteiger partial charge in [0.25, 0.3) is 0 Å². The molecule has 0 unspecified atom stereocenters. The SMILES string of the molecule is COc1cc(C)c2[nH]ccc2c1CN1CCN(CCC(F)(F)F)CC1.Nc1ccccc1C(=O)O. The number of aryl methyl sites for hydroxylation is 1. The number of ether oxygens (including phenoxy) is 1. The van der Waals surface area contributed by atoms with Crippen molar-refractivity contribution in [3.63, 3.8) is 0 Å². The molecule has 1 aromatic heterocycles. The summed E-state index contributed by atoms with van der Waals surface area (Å²) < 4.78 is 42.6. The molecule has 2 heterocycles. The largest absolute Gasteiger partial charge is 0.496 e. The highest BCUT2D eigenvalue weighted by molar-refractivity contribution is 5.93. The lowest BCUT2D eigenvalue weighted by Gasteiger charge is -2.35. The molecule has 0 bridgehead atoms. The van der Waals surface area contributed by atoms with Gasteiger partial charge in [-0.2, -0.15) is 13.2 Å². The summed E-state index contributed by atoms with van der Waals surface area (Å²) in [5.74, 6) is -0.123. The molecule has 1 aliphatic rings. The monoisotopic (exact) mass is 492 g/mol. The third-order valence-electron chi connectivity index (χ3n) is 6.08. The van der Waals surface area contributed by atoms with Crippen molar-refractivity contribution in [2.45, 2.75) is 26.1 Å². The van der Waals surface area contributed by atoms with E-state index in [0.29, 0.717) is 18.8 Å². The van der Waals surface area contributed by atoms with Crippen molar-refractivity contribution in [3.05, 3.63) is 59.3 Å². The van der Waals surface area contributed by atoms with E-state index in [1.54, 1.807) is 25.3 Å². The second-order valence-electron chi connectivity index (χ2n) is 8.52. The lowest BCUT2D eigenvalue weighted by molar-refractivity contribution is -0.138. The molecule has 4 N–H and O–H groups in total. The highest BCUT2D eigenvalue weighted by atomic mass is 19.4. The molecule has 4 rings (SSSR count). The number of alkyl halides is 3. The van der Waals surface area contributed by atoms with E-state index in [9.17, 15) is 18.0 Å². The van der Waals surface area contributed by atoms with Crippen LogP contribution >= 0.6 is 0 Å². The molecule has 1 fully saturated rings. The van der Waals surface area contributed by atoms with Gasteiger partial charge in [-0.25, -0.2) is 4.79 Å². The number of nitrogens with one attached hydrogen (secondary N) is 1. The number of aromatic amines is 1. The molecular formula is C25H31F3N4O3. The number of halogens is 3. The van der Waals surface area contributed by atoms with Gasteiger partial charge in [-0.05, 0) is 36.8 Å². The lowest BCUT2D eigenvalue weighted by Crippen LogP contribution is -2.46. The molecule has 1 saturated heterocycles. The van der Waals surface area contributed by atoms with Gasteiger partial charge in [0.1, 0.15) is 5.75 Å². The number of para-hydroxylation sites is 1. The van der Waals surface area contributed by atoms with E-state index in [1.165, 1.54) is 6.07 Å². The number of H-pyrrole nitrogens is 1. The fraction of sp³-hybridized carbons (Fsp3) is 0.400. The summed E-state index contributed by atoms with van der Waals surface area (Å²) in [6, 6.07) is 10.5. The number of rotatable bonds is 6. The van der Waals surface area contributed by atoms with E-state index in [4.69, 9.17) is 15.6 Å². The van der Waals surface area contributed by atoms with E-state index in [-0.39, 0.29) is 12.1 Å². The van der Waals surface area contributed by atoms with Gasteiger partial charge in [-0.3, -0.25) is 4.90 Å². The van der Waals surface area contributed by atoms with Crippen LogP contribution in [0.2, 0.25) is 0 Å². The van der Waals surface area contributed by atoms with Crippen molar-refractivity contribution in [2.75, 3.05) is 45.6 Å². The van der Waals surface area contributed by atoms with E-state index < -0.39 is 18.6 Å². The number of aromatic carboxylic acids is 1. The molecule has 0 spiro atoms. The molecule has 0 radical (unpaired) electrons. The van der Waals surface area contributed by atoms with E-state index in [2.05, 4.69) is 16.0 Å². The van der Waals surface area contributed by atoms with Gasteiger partial charge in [0.15, 0.2) is 0 Å². The zero-order chi connectivity index (χ0) is 25.6. The third kappa shape index (κ3) is 7.12. The summed E-state index contributed by atoms with van der Waals surface area (Å²) >= 11 is 0. The quantitative estimate of drug-likeness (QED) is 0.438. The third-order valence-corrected chi connectivity index (χ3v) is 6.08. The number of carbonyl (C=O) groups is 1. The molecule has 190 valence electrons. The average Bonchev–Trinajstić information content (AvgIpc) is 3.31. The first-order valence-corrected chi connectivity index (χ1v) is 11.3. The molecule has 0 atom stereocenters. The number of nitrogens with two attached hydrogens (primary N) is 1. The Morgan fingerprint density at radius 1 is 1.14 bits per heavy atom. The van der Waals surface area contributed by atoms with E-state index in [0.717, 1.165) is 47.4 Å². The average molecular weight is 493 g/mol. The van der Waals surface area contributed by atoms with Crippen LogP contribution in [0, 0.1) is 6.92 Å². The first-order chi connectivity index (χ1) is 16.6. The minimum absolute atomic E-state index is 0.0905. The predicted molar refractivity (Wildman–Crippen MR) is 130 cm³/mol. The number of hydrogen-bond donors (Lipinski definition) is 3. The Bertz CT molecular complexity index is 1140. The number of piperazine rings is 1. The number of carboxylic acids is 1. The number of nitrogen functional groups attached to an aromatic ring is 1. The van der Waals surface area contributed by atoms with Gasteiger partial charge < -0.3 is 25.5 Å². The second-order valence-corrected chi connectivity index (χ2v) is 8.52. The van der Waals surface area contributed by atoms with Crippen molar-refractivity contribution in [3.8, 4) is 5.75 Å². The number of nitrogens with zero attached hydrogens (tertiary/aromatic N) is 2. The molecule has 0 aliphatic carbocycles. The van der Waals surface area contributed by atoms with Crippen molar-refractivity contribution in [1.82, 2.24) is 14.8 Å². The van der Waals surface area contributed by atoms with E-state index >= 15 is 0 Å². The summed E-state index contributed by atoms with van der Waals surface area (Å²) in [6.07, 6.45) is -2.88. The minimum Gasteiger partial charge on any atom is -0.496 e. The van der Waals surface area contributed by atoms with Gasteiger partial charge in [0.2, 0.25) is 0 Å². The summed E-state index contributed by atoms with van der Waals surface area (Å²) in [6.45, 7) is 5.74. The van der Waals surface area contributed by atoms with Crippen LogP contribution in [0.3, 0.4) is 0 Å². The van der Waals surface area contributed by atoms with Crippen LogP contribution in [0.25, 0.3) is 10.9 Å². The van der Waals surface area contributed by atoms with Gasteiger partial charge in [0.05, 0.1) is 19.1 Å². The maximum absolute atomic E-state index is 12.4. The van der Waals surface area contributed by atoms with Crippen LogP contribution in [0.15, 0.2) is 42.6 Å². The zero-order valence-corrected chi connectivity index (χ0v) is 19.9. The van der Waals surface area contributed by atoms with Crippen LogP contribution in [-0.2, 0) is 6.54 Å². The molecule has 7 nitrogen and oxygen atoms in total. The number of carboxylic acid groups (broad SMARTS) is 1. The summed E-state index contributed by atoms with van der Waals surface area (Å²) in [7, 11) is 1.67. The Morgan fingerprint density at radius 3 is 2.37 bits per heavy atom. The van der Waals surface area contributed by atoms with Gasteiger partial charge in [-0.15, -0.1) is 0 Å². The van der Waals surface area contributed by atoms with Crippen molar-refractivity contribution < 1.29 is 27.8 Å². The van der Waals surface area contributed by atoms with Crippen LogP contribution in [0.4, 0.5) is 18.9 Å². The maximum atomic E-state index is 12.4. The Balaban J connectivity index is 0.000000287. The van der Waals surface area contributed by atoms with Gasteiger partial charge in [-0.1, -0.05) is 12.1 Å². The summed E-state index contributed by atoms with van der Waals surface area (Å²) in [5.41, 5.74) is 9.18. The number of fused-ring (bicyclic) bond motifs is 1. The number of anilines is 1. The fourth-order valence-corrected chi connectivity index (χ4v) is 4.15. The summed E-state index contributed by atoms with van der Waals surface area (Å²) in [5, 5.41) is 9.64. The Labute approximate surface area is 202 Å². The van der Waals surface area contributed by atoms with Crippen molar-refractivity contribution >= 4 is 22.6 Å². The Morgan fingerprint density at radius 2 is 1.80 bits per heavy atom. The zero-order valence-electron chi connectivity index (χ0n) is 19.9. The molecule has 35 heavy (non-hydrogen) atoms. The number of hydrogen-bond acceptors (Lipinski definition) is 5. The lowest BCUT2D eigenvalue weighted by atomic mass is 10.0. The first kappa shape index (κ1) is 26.4. The fourth-order valence-electron chi connectivity index (χ4n) is 4.15. The molecule has 10 heteroatoms. The van der Waals surface area contributed by atoms with Gasteiger partial charge in [0, 0.05) is 67.6 Å². The molecule has 3 aromatic rings. The standard InChI is InChI=1S/C18H24F3N3O.C7H7NO2/c1-13-11-16(25-2)15(14-3-5-22-17(13)14)12-24-9-7-23(8-10-24)6-4-18(19,20)21;8-6-4-2-1-3-5(6)7(9)10/h3,5,11,22H,4,6-10,12H2,1-2H3;1-4H,8H2,(H,9,10). The molecule has 2 aromatic carbocycles. The maximum Gasteiger partial charge on any atom is 0.390 e. The number of aromatic nitrogens is 1. The number of methoxy groups -OCH3 is 1. The Kier molecular flexibility index (Phi) is 8.63. The van der Waals surface area contributed by atoms with Crippen LogP contribution in [0.1, 0.15) is 27.9 Å². The minimum atomic E-state index is -4.08. The molecule has 0 saturated carbocycles. The Hall–Kier alpha value is -3.24. The van der Waals surface area contributed by atoms with Crippen LogP contribution in [-0.4, -0.2) is 71.9 Å². The second kappa shape index (κ2) is 11.5. The smallest absolute Gasteiger partial charge is 0.390 e. The molecular weight excluding hydrogens is 461 g/mol. The number of benzene rings is 2. The predicted octanol–water partition coefficient (Wildman–Crippen LogP) is 4.52. The van der Waals surface area contributed by atoms with E-state index in [1.807, 2.05) is 24.1 Å². The van der Waals surface area contributed by atoms with Crippen molar-refractivity contribution in [2.24, 2.45) is 0 Å². The molecule has 0 amide bonds. The highest BCUT2D eigenvalue weighted by Crippen LogP contribution is 2.31. The highest BCUT2D eigenvalue weighted by Gasteiger charge is 2.29. The van der Waals surface area contributed by atoms with Gasteiger partial charge >= 0.3 is 12.1 Å². The van der Waals surface area contributed by atoms with Crippen molar-refractivity contribution in [1.29, 1.82) is 0 Å².